The molecule has 0 unspecified atom stereocenters. The zero-order valence-corrected chi connectivity index (χ0v) is 17.7. The maximum Gasteiger partial charge on any atom is 0.230 e. The van der Waals surface area contributed by atoms with Crippen LogP contribution in [0.4, 0.5) is 10.1 Å². The number of amides is 1. The van der Waals surface area contributed by atoms with Gasteiger partial charge in [0.1, 0.15) is 0 Å². The number of hydrogen-bond acceptors (Lipinski definition) is 5. The third-order valence-electron chi connectivity index (χ3n) is 7.34. The first-order valence-corrected chi connectivity index (χ1v) is 11.4. The lowest BCUT2D eigenvalue weighted by atomic mass is 9.78. The van der Waals surface area contributed by atoms with Gasteiger partial charge in [-0.15, -0.1) is 0 Å². The van der Waals surface area contributed by atoms with E-state index >= 15 is 0 Å². The van der Waals surface area contributed by atoms with Gasteiger partial charge in [0.25, 0.3) is 0 Å². The van der Waals surface area contributed by atoms with E-state index in [4.69, 9.17) is 0 Å². The summed E-state index contributed by atoms with van der Waals surface area (Å²) in [7, 11) is 0. The molecule has 31 heavy (non-hydrogen) atoms. The predicted octanol–water partition coefficient (Wildman–Crippen LogP) is 3.41. The summed E-state index contributed by atoms with van der Waals surface area (Å²) in [5.41, 5.74) is 1.66. The van der Waals surface area contributed by atoms with Crippen LogP contribution in [-0.2, 0) is 4.79 Å². The van der Waals surface area contributed by atoms with E-state index in [1.165, 1.54) is 12.4 Å². The second kappa shape index (κ2) is 8.19. The number of halogens is 1. The minimum absolute atomic E-state index is 0.198. The largest absolute Gasteiger partial charge is 0.393 e. The van der Waals surface area contributed by atoms with E-state index in [2.05, 4.69) is 19.8 Å². The average molecular weight is 425 g/mol. The lowest BCUT2D eigenvalue weighted by molar-refractivity contribution is -0.139. The predicted molar refractivity (Wildman–Crippen MR) is 116 cm³/mol. The Labute approximate surface area is 182 Å². The summed E-state index contributed by atoms with van der Waals surface area (Å²) >= 11 is 0. The van der Waals surface area contributed by atoms with Crippen molar-refractivity contribution >= 4 is 11.6 Å². The van der Waals surface area contributed by atoms with Gasteiger partial charge < -0.3 is 14.9 Å². The molecule has 0 radical (unpaired) electrons. The minimum Gasteiger partial charge on any atom is -0.393 e. The molecule has 1 N–H and O–H groups in total. The van der Waals surface area contributed by atoms with Gasteiger partial charge >= 0.3 is 0 Å². The van der Waals surface area contributed by atoms with Crippen molar-refractivity contribution in [1.29, 1.82) is 0 Å². The first kappa shape index (κ1) is 20.4. The Morgan fingerprint density at radius 1 is 1.00 bits per heavy atom. The molecule has 0 bridgehead atoms. The van der Waals surface area contributed by atoms with Gasteiger partial charge in [0.2, 0.25) is 5.91 Å². The summed E-state index contributed by atoms with van der Waals surface area (Å²) in [6.07, 6.45) is 8.47. The molecule has 1 atom stereocenters. The highest BCUT2D eigenvalue weighted by Gasteiger charge is 2.50. The fourth-order valence-corrected chi connectivity index (χ4v) is 5.58. The molecule has 2 aliphatic heterocycles. The zero-order valence-electron chi connectivity index (χ0n) is 17.7. The van der Waals surface area contributed by atoms with Crippen LogP contribution in [0.2, 0.25) is 0 Å². The van der Waals surface area contributed by atoms with E-state index in [1.807, 2.05) is 24.3 Å². The second-order valence-corrected chi connectivity index (χ2v) is 9.29. The molecule has 164 valence electrons. The number of rotatable bonds is 3. The fraction of sp³-hybridized carbons (Fsp3) is 0.542. The maximum absolute atomic E-state index is 13.5. The lowest BCUT2D eigenvalue weighted by Gasteiger charge is -2.41. The molecule has 1 aromatic heterocycles. The molecule has 2 saturated heterocycles. The van der Waals surface area contributed by atoms with E-state index in [1.54, 1.807) is 0 Å². The van der Waals surface area contributed by atoms with Crippen molar-refractivity contribution in [2.24, 2.45) is 5.41 Å². The Hall–Kier alpha value is -2.54. The number of anilines is 1. The SMILES string of the molecule is O=C1N(C2CCC(O)CC2)CC[C@@]12CCCN(c1ccc(-c3ncc(F)cn3)cc1)C2. The van der Waals surface area contributed by atoms with Crippen LogP contribution >= 0.6 is 0 Å². The van der Waals surface area contributed by atoms with Crippen LogP contribution in [-0.4, -0.2) is 57.7 Å². The maximum atomic E-state index is 13.5. The number of hydrogen-bond donors (Lipinski definition) is 1. The van der Waals surface area contributed by atoms with Crippen molar-refractivity contribution in [3.8, 4) is 11.4 Å². The molecular weight excluding hydrogens is 395 g/mol. The Morgan fingerprint density at radius 3 is 2.42 bits per heavy atom. The zero-order chi connectivity index (χ0) is 21.4. The van der Waals surface area contributed by atoms with Gasteiger partial charge in [-0.25, -0.2) is 14.4 Å². The molecular formula is C24H29FN4O2. The van der Waals surface area contributed by atoms with Gasteiger partial charge in [-0.2, -0.15) is 0 Å². The molecule has 1 aromatic carbocycles. The first-order valence-electron chi connectivity index (χ1n) is 11.4. The third kappa shape index (κ3) is 3.91. The summed E-state index contributed by atoms with van der Waals surface area (Å²) in [5.74, 6) is 0.371. The van der Waals surface area contributed by atoms with E-state index in [9.17, 15) is 14.3 Å². The van der Waals surface area contributed by atoms with Gasteiger partial charge in [0.05, 0.1) is 23.9 Å². The quantitative estimate of drug-likeness (QED) is 0.818. The van der Waals surface area contributed by atoms with Crippen molar-refractivity contribution in [3.05, 3.63) is 42.5 Å². The van der Waals surface area contributed by atoms with E-state index in [0.29, 0.717) is 17.8 Å². The highest BCUT2D eigenvalue weighted by molar-refractivity contribution is 5.86. The minimum atomic E-state index is -0.446. The molecule has 6 nitrogen and oxygen atoms in total. The topological polar surface area (TPSA) is 69.6 Å². The summed E-state index contributed by atoms with van der Waals surface area (Å²) in [6, 6.07) is 8.29. The Balaban J connectivity index is 1.29. The standard InChI is InChI=1S/C24H29FN4O2/c25-18-14-26-22(27-15-18)17-2-4-19(5-3-17)28-12-1-10-24(16-28)11-13-29(23(24)31)20-6-8-21(30)9-7-20/h2-5,14-15,20-21,30H,1,6-13,16H2/t20?,21?,24-/m1/s1. The number of aliphatic hydroxyl groups excluding tert-OH is 1. The summed E-state index contributed by atoms with van der Waals surface area (Å²) < 4.78 is 13.1. The number of likely N-dealkylation sites (tertiary alicyclic amines) is 1. The van der Waals surface area contributed by atoms with Crippen LogP contribution in [0.25, 0.3) is 11.4 Å². The molecule has 2 aromatic rings. The molecule has 5 rings (SSSR count). The van der Waals surface area contributed by atoms with Crippen LogP contribution in [0.5, 0.6) is 0 Å². The van der Waals surface area contributed by atoms with Crippen molar-refractivity contribution in [2.45, 2.75) is 57.1 Å². The number of aliphatic hydroxyl groups is 1. The first-order chi connectivity index (χ1) is 15.0. The van der Waals surface area contributed by atoms with Crippen molar-refractivity contribution in [1.82, 2.24) is 14.9 Å². The Morgan fingerprint density at radius 2 is 1.71 bits per heavy atom. The number of piperidine rings is 1. The van der Waals surface area contributed by atoms with Crippen LogP contribution in [0.1, 0.15) is 44.9 Å². The monoisotopic (exact) mass is 424 g/mol. The van der Waals surface area contributed by atoms with Crippen LogP contribution in [0.3, 0.4) is 0 Å². The molecule has 1 amide bonds. The summed E-state index contributed by atoms with van der Waals surface area (Å²) in [4.78, 5) is 26.0. The van der Waals surface area contributed by atoms with Crippen molar-refractivity contribution in [3.63, 3.8) is 0 Å². The van der Waals surface area contributed by atoms with Gasteiger partial charge in [0.15, 0.2) is 11.6 Å². The third-order valence-corrected chi connectivity index (χ3v) is 7.34. The van der Waals surface area contributed by atoms with E-state index in [-0.39, 0.29) is 11.5 Å². The summed E-state index contributed by atoms with van der Waals surface area (Å²) in [5, 5.41) is 9.81. The molecule has 1 saturated carbocycles. The second-order valence-electron chi connectivity index (χ2n) is 9.29. The number of aromatic nitrogens is 2. The van der Waals surface area contributed by atoms with Crippen molar-refractivity contribution in [2.75, 3.05) is 24.5 Å². The van der Waals surface area contributed by atoms with Crippen molar-refractivity contribution < 1.29 is 14.3 Å². The normalized spacial score (nSPS) is 29.0. The Bertz CT molecular complexity index is 928. The molecule has 3 fully saturated rings. The lowest BCUT2D eigenvalue weighted by Crippen LogP contribution is -2.50. The summed E-state index contributed by atoms with van der Waals surface area (Å²) in [6.45, 7) is 2.54. The highest BCUT2D eigenvalue weighted by Crippen LogP contribution is 2.43. The number of carbonyl (C=O) groups excluding carboxylic acids is 1. The smallest absolute Gasteiger partial charge is 0.230 e. The molecule has 3 aliphatic rings. The number of carbonyl (C=O) groups is 1. The molecule has 1 aliphatic carbocycles. The van der Waals surface area contributed by atoms with Crippen LogP contribution in [0, 0.1) is 11.2 Å². The Kier molecular flexibility index (Phi) is 5.38. The highest BCUT2D eigenvalue weighted by atomic mass is 19.1. The van der Waals surface area contributed by atoms with Gasteiger partial charge in [-0.3, -0.25) is 4.79 Å². The van der Waals surface area contributed by atoms with Crippen LogP contribution in [0.15, 0.2) is 36.7 Å². The fourth-order valence-electron chi connectivity index (χ4n) is 5.58. The van der Waals surface area contributed by atoms with Crippen LogP contribution < -0.4 is 4.90 Å². The van der Waals surface area contributed by atoms with Gasteiger partial charge in [-0.1, -0.05) is 0 Å². The average Bonchev–Trinajstić information content (AvgIpc) is 3.10. The van der Waals surface area contributed by atoms with Gasteiger partial charge in [0, 0.05) is 36.9 Å². The molecule has 1 spiro atoms. The van der Waals surface area contributed by atoms with E-state index in [0.717, 1.165) is 75.8 Å². The number of benzene rings is 1. The number of nitrogens with zero attached hydrogens (tertiary/aromatic N) is 4. The molecule has 7 heteroatoms. The van der Waals surface area contributed by atoms with Gasteiger partial charge in [-0.05, 0) is 69.2 Å². The molecule has 3 heterocycles. The van der Waals surface area contributed by atoms with E-state index < -0.39 is 5.82 Å².